The maximum absolute atomic E-state index is 13.9. The van der Waals surface area contributed by atoms with Gasteiger partial charge in [-0.05, 0) is 74.8 Å². The minimum Gasteiger partial charge on any atom is -0.507 e. The molecule has 2 saturated carbocycles. The number of phenols is 1. The second-order valence-electron chi connectivity index (χ2n) is 11.5. The first-order chi connectivity index (χ1) is 20.1. The van der Waals surface area contributed by atoms with Gasteiger partial charge in [-0.15, -0.1) is 0 Å². The van der Waals surface area contributed by atoms with Crippen molar-refractivity contribution in [2.75, 3.05) is 25.1 Å². The van der Waals surface area contributed by atoms with Gasteiger partial charge in [0.05, 0.1) is 17.9 Å². The number of primary amides is 1. The van der Waals surface area contributed by atoms with Gasteiger partial charge in [0, 0.05) is 34.3 Å². The van der Waals surface area contributed by atoms with E-state index in [0.29, 0.717) is 22.4 Å². The lowest BCUT2D eigenvalue weighted by Crippen LogP contribution is -2.73. The zero-order valence-electron chi connectivity index (χ0n) is 23.5. The maximum Gasteiger partial charge on any atom is 0.230 e. The van der Waals surface area contributed by atoms with Crippen LogP contribution in [-0.4, -0.2) is 89.3 Å². The molecule has 2 aromatic rings. The van der Waals surface area contributed by atoms with E-state index in [0.717, 1.165) is 6.26 Å². The average Bonchev–Trinajstić information content (AvgIpc) is 2.90. The summed E-state index contributed by atoms with van der Waals surface area (Å²) in [6.45, 7) is 0. The fourth-order valence-corrected chi connectivity index (χ4v) is 7.26. The molecule has 6 atom stereocenters. The maximum atomic E-state index is 13.9. The van der Waals surface area contributed by atoms with E-state index in [1.54, 1.807) is 44.4 Å². The van der Waals surface area contributed by atoms with Gasteiger partial charge in [0.15, 0.2) is 11.4 Å². The predicted octanol–water partition coefficient (Wildman–Crippen LogP) is -0.0997. The third kappa shape index (κ3) is 4.96. The largest absolute Gasteiger partial charge is 0.507 e. The molecule has 7 N–H and O–H groups in total. The van der Waals surface area contributed by atoms with Crippen LogP contribution in [0.25, 0.3) is 5.76 Å². The number of phenolic OH excluding ortho intramolecular Hbond substituents is 1. The van der Waals surface area contributed by atoms with Crippen molar-refractivity contribution in [3.63, 3.8) is 0 Å². The van der Waals surface area contributed by atoms with Crippen LogP contribution in [0, 0.1) is 29.6 Å². The average molecular weight is 610 g/mol. The fourth-order valence-electron chi connectivity index (χ4n) is 6.70. The number of nitrogens with one attached hydrogen (secondary N) is 1. The molecule has 0 saturated heterocycles. The molecule has 2 fully saturated rings. The number of nitrogens with two attached hydrogens (primary N) is 1. The predicted molar refractivity (Wildman–Crippen MR) is 155 cm³/mol. The summed E-state index contributed by atoms with van der Waals surface area (Å²) in [7, 11) is -0.275. The molecule has 43 heavy (non-hydrogen) atoms. The van der Waals surface area contributed by atoms with E-state index in [1.165, 1.54) is 11.0 Å². The van der Waals surface area contributed by atoms with E-state index in [1.807, 2.05) is 0 Å². The molecule has 0 aliphatic heterocycles. The first-order valence-electron chi connectivity index (χ1n) is 13.4. The summed E-state index contributed by atoms with van der Waals surface area (Å²) in [5.74, 6) is -2.10. The van der Waals surface area contributed by atoms with Gasteiger partial charge in [-0.3, -0.25) is 19.1 Å². The van der Waals surface area contributed by atoms with Crippen LogP contribution in [0.5, 0.6) is 5.75 Å². The Hall–Kier alpha value is -4.22. The SMILES string of the molecule is CN(C)[C@@H]1C(O)C(C(N)=O)C(=O)[C@@]2(O)C(=O)C3=C(O)c4c(O)ccc(C#Cc5ccc(NS(C)(=O)=O)cc5)c4C[C@H]3C[C@@H]12. The second kappa shape index (κ2) is 10.5. The molecule has 13 heteroatoms. The van der Waals surface area contributed by atoms with Gasteiger partial charge in [0.1, 0.15) is 17.4 Å². The van der Waals surface area contributed by atoms with Gasteiger partial charge in [0.25, 0.3) is 0 Å². The summed E-state index contributed by atoms with van der Waals surface area (Å²) in [4.78, 5) is 41.0. The van der Waals surface area contributed by atoms with Crippen molar-refractivity contribution in [2.24, 2.45) is 23.5 Å². The van der Waals surface area contributed by atoms with E-state index in [2.05, 4.69) is 16.6 Å². The molecular weight excluding hydrogens is 578 g/mol. The number of carbonyl (C=O) groups is 3. The first kappa shape index (κ1) is 30.2. The van der Waals surface area contributed by atoms with Crippen molar-refractivity contribution in [1.82, 2.24) is 4.90 Å². The number of amides is 1. The Morgan fingerprint density at radius 1 is 1.09 bits per heavy atom. The Morgan fingerprint density at radius 2 is 1.74 bits per heavy atom. The van der Waals surface area contributed by atoms with Crippen LogP contribution in [0.2, 0.25) is 0 Å². The first-order valence-corrected chi connectivity index (χ1v) is 15.3. The number of aliphatic hydroxyl groups is 3. The molecule has 3 aliphatic rings. The minimum atomic E-state index is -3.44. The lowest BCUT2D eigenvalue weighted by Gasteiger charge is -2.53. The van der Waals surface area contributed by atoms with Crippen molar-refractivity contribution in [3.05, 3.63) is 64.2 Å². The number of aromatic hydroxyl groups is 1. The van der Waals surface area contributed by atoms with Crippen molar-refractivity contribution in [1.29, 1.82) is 0 Å². The van der Waals surface area contributed by atoms with Crippen molar-refractivity contribution >= 4 is 38.9 Å². The highest BCUT2D eigenvalue weighted by atomic mass is 32.2. The topological polar surface area (TPSA) is 208 Å². The van der Waals surface area contributed by atoms with Crippen LogP contribution in [0.1, 0.15) is 28.7 Å². The molecular formula is C30H31N3O9S. The summed E-state index contributed by atoms with van der Waals surface area (Å²) in [5, 5.41) is 44.7. The lowest BCUT2D eigenvalue weighted by molar-refractivity contribution is -0.184. The Labute approximate surface area is 247 Å². The van der Waals surface area contributed by atoms with Crippen LogP contribution >= 0.6 is 0 Å². The Kier molecular flexibility index (Phi) is 7.38. The number of hydrogen-bond acceptors (Lipinski definition) is 10. The third-order valence-electron chi connectivity index (χ3n) is 8.50. The highest BCUT2D eigenvalue weighted by Crippen LogP contribution is 2.52. The standard InChI is InChI=1S/C30H31N3O9S/c1-33(2)24-19-13-16-12-18-15(7-4-14-5-9-17(10-6-14)32-43(3,41)42)8-11-20(34)22(18)25(35)21(16)27(37)30(19,40)28(38)23(26(24)36)29(31)39/h5-6,8-11,16,19,23-24,26,32,34-36,40H,12-13H2,1-3H3,(H2,31,39)/t16-,19-,23?,24-,26?,30-/m0/s1. The number of ketones is 2. The number of carbonyl (C=O) groups excluding carboxylic acids is 3. The normalized spacial score (nSPS) is 28.4. The Balaban J connectivity index is 1.58. The zero-order valence-corrected chi connectivity index (χ0v) is 24.3. The minimum absolute atomic E-state index is 0.00444. The van der Waals surface area contributed by atoms with E-state index in [9.17, 15) is 43.2 Å². The summed E-state index contributed by atoms with van der Waals surface area (Å²) in [5.41, 5.74) is 4.20. The molecule has 0 bridgehead atoms. The number of benzene rings is 2. The van der Waals surface area contributed by atoms with Crippen LogP contribution in [0.4, 0.5) is 5.69 Å². The van der Waals surface area contributed by atoms with Crippen LogP contribution in [-0.2, 0) is 30.8 Å². The summed E-state index contributed by atoms with van der Waals surface area (Å²) < 4.78 is 25.3. The lowest BCUT2D eigenvalue weighted by atomic mass is 9.54. The number of rotatable bonds is 4. The highest BCUT2D eigenvalue weighted by molar-refractivity contribution is 7.92. The van der Waals surface area contributed by atoms with Crippen LogP contribution in [0.15, 0.2) is 42.0 Å². The third-order valence-corrected chi connectivity index (χ3v) is 9.11. The van der Waals surface area contributed by atoms with Gasteiger partial charge in [-0.2, -0.15) is 0 Å². The number of fused-ring (bicyclic) bond motifs is 3. The second-order valence-corrected chi connectivity index (χ2v) is 13.2. The monoisotopic (exact) mass is 609 g/mol. The number of hydrogen-bond donors (Lipinski definition) is 6. The molecule has 12 nitrogen and oxygen atoms in total. The van der Waals surface area contributed by atoms with E-state index < -0.39 is 68.8 Å². The number of anilines is 1. The molecule has 0 radical (unpaired) electrons. The molecule has 0 spiro atoms. The number of nitrogens with zero attached hydrogens (tertiary/aromatic N) is 1. The number of likely N-dealkylation sites (N-methyl/N-ethyl adjacent to an activating group) is 1. The van der Waals surface area contributed by atoms with Crippen molar-refractivity contribution in [3.8, 4) is 17.6 Å². The Bertz CT molecular complexity index is 1750. The molecule has 3 aliphatic carbocycles. The molecule has 2 aromatic carbocycles. The zero-order chi connectivity index (χ0) is 31.6. The Morgan fingerprint density at radius 3 is 2.33 bits per heavy atom. The summed E-state index contributed by atoms with van der Waals surface area (Å²) >= 11 is 0. The smallest absolute Gasteiger partial charge is 0.230 e. The van der Waals surface area contributed by atoms with Gasteiger partial charge in [-0.25, -0.2) is 8.42 Å². The van der Waals surface area contributed by atoms with Gasteiger partial charge >= 0.3 is 0 Å². The van der Waals surface area contributed by atoms with Gasteiger partial charge in [-0.1, -0.05) is 11.8 Å². The van der Waals surface area contributed by atoms with E-state index in [4.69, 9.17) is 5.73 Å². The van der Waals surface area contributed by atoms with Gasteiger partial charge in [0.2, 0.25) is 21.7 Å². The van der Waals surface area contributed by atoms with E-state index in [-0.39, 0.29) is 29.7 Å². The van der Waals surface area contributed by atoms with Crippen molar-refractivity contribution < 1.29 is 43.2 Å². The molecule has 2 unspecified atom stereocenters. The molecule has 0 aromatic heterocycles. The van der Waals surface area contributed by atoms with Crippen LogP contribution in [0.3, 0.4) is 0 Å². The van der Waals surface area contributed by atoms with E-state index >= 15 is 0 Å². The number of Topliss-reactive ketones (excluding diaryl/α,β-unsaturated/α-hetero) is 2. The quantitative estimate of drug-likeness (QED) is 0.200. The highest BCUT2D eigenvalue weighted by Gasteiger charge is 2.67. The number of sulfonamides is 1. The van der Waals surface area contributed by atoms with Crippen LogP contribution < -0.4 is 10.5 Å². The molecule has 1 amide bonds. The van der Waals surface area contributed by atoms with Gasteiger partial charge < -0.3 is 31.1 Å². The van der Waals surface area contributed by atoms with Crippen molar-refractivity contribution in [2.45, 2.75) is 30.6 Å². The molecule has 226 valence electrons. The summed E-state index contributed by atoms with van der Waals surface area (Å²) in [6.07, 6.45) is -0.420. The fraction of sp³-hybridized carbons (Fsp3) is 0.367. The molecule has 5 rings (SSSR count). The number of aliphatic hydroxyl groups excluding tert-OH is 2. The summed E-state index contributed by atoms with van der Waals surface area (Å²) in [6, 6.07) is 8.22. The molecule has 0 heterocycles.